The lowest BCUT2D eigenvalue weighted by atomic mass is 10.2. The monoisotopic (exact) mass is 373 g/mol. The number of anilines is 1. The molecule has 0 bridgehead atoms. The number of methoxy groups -OCH3 is 1. The van der Waals surface area contributed by atoms with Gasteiger partial charge in [0, 0.05) is 18.3 Å². The van der Waals surface area contributed by atoms with Crippen molar-refractivity contribution >= 4 is 11.6 Å². The van der Waals surface area contributed by atoms with Crippen LogP contribution in [0.4, 0.5) is 14.5 Å². The van der Waals surface area contributed by atoms with Crippen molar-refractivity contribution in [1.29, 1.82) is 0 Å². The van der Waals surface area contributed by atoms with Gasteiger partial charge in [-0.1, -0.05) is 6.07 Å². The predicted molar refractivity (Wildman–Crippen MR) is 93.5 cm³/mol. The molecule has 0 spiro atoms. The predicted octanol–water partition coefficient (Wildman–Crippen LogP) is 2.06. The van der Waals surface area contributed by atoms with Gasteiger partial charge in [-0.25, -0.2) is 18.1 Å². The summed E-state index contributed by atoms with van der Waals surface area (Å²) in [4.78, 5) is 39.4. The van der Waals surface area contributed by atoms with E-state index in [1.165, 1.54) is 19.2 Å². The number of benzene rings is 2. The number of nitrogens with zero attached hydrogens (tertiary/aromatic N) is 1. The molecule has 0 unspecified atom stereocenters. The molecular formula is C18H13F2N3O4. The Kier molecular flexibility index (Phi) is 4.84. The smallest absolute Gasteiger partial charge is 0.333 e. The van der Waals surface area contributed by atoms with Crippen LogP contribution in [0.5, 0.6) is 5.75 Å². The van der Waals surface area contributed by atoms with Crippen LogP contribution in [-0.4, -0.2) is 22.6 Å². The molecule has 1 heterocycles. The Morgan fingerprint density at radius 3 is 2.63 bits per heavy atom. The normalized spacial score (nSPS) is 10.5. The molecule has 138 valence electrons. The molecule has 0 aliphatic carbocycles. The van der Waals surface area contributed by atoms with Gasteiger partial charge in [0.15, 0.2) is 0 Å². The van der Waals surface area contributed by atoms with Gasteiger partial charge in [0.05, 0.1) is 18.5 Å². The Balaban J connectivity index is 2.03. The van der Waals surface area contributed by atoms with Gasteiger partial charge in [0.25, 0.3) is 11.5 Å². The van der Waals surface area contributed by atoms with E-state index in [-0.39, 0.29) is 11.4 Å². The third-order valence-electron chi connectivity index (χ3n) is 3.71. The van der Waals surface area contributed by atoms with Crippen molar-refractivity contribution in [3.63, 3.8) is 0 Å². The van der Waals surface area contributed by atoms with Crippen LogP contribution in [0.1, 0.15) is 10.4 Å². The van der Waals surface area contributed by atoms with Gasteiger partial charge in [0.2, 0.25) is 0 Å². The summed E-state index contributed by atoms with van der Waals surface area (Å²) < 4.78 is 32.5. The summed E-state index contributed by atoms with van der Waals surface area (Å²) in [6.45, 7) is 0. The van der Waals surface area contributed by atoms with E-state index in [4.69, 9.17) is 4.74 Å². The Labute approximate surface area is 150 Å². The summed E-state index contributed by atoms with van der Waals surface area (Å²) in [5, 5.41) is 2.17. The van der Waals surface area contributed by atoms with Crippen molar-refractivity contribution in [2.75, 3.05) is 12.4 Å². The lowest BCUT2D eigenvalue weighted by molar-refractivity contribution is 0.102. The van der Waals surface area contributed by atoms with Gasteiger partial charge in [-0.2, -0.15) is 0 Å². The zero-order valence-electron chi connectivity index (χ0n) is 14.0. The SMILES string of the molecule is COc1cccc(-n2c(=O)[nH]cc(C(=O)Nc3ccc(F)cc3F)c2=O)c1. The molecule has 9 heteroatoms. The van der Waals surface area contributed by atoms with Crippen molar-refractivity contribution < 1.29 is 18.3 Å². The Bertz CT molecular complexity index is 1140. The van der Waals surface area contributed by atoms with Gasteiger partial charge in [-0.15, -0.1) is 0 Å². The Morgan fingerprint density at radius 1 is 1.15 bits per heavy atom. The number of hydrogen-bond acceptors (Lipinski definition) is 4. The molecule has 3 rings (SSSR count). The summed E-state index contributed by atoms with van der Waals surface area (Å²) in [5.41, 5.74) is -2.23. The molecule has 2 aromatic carbocycles. The van der Waals surface area contributed by atoms with Crippen molar-refractivity contribution in [1.82, 2.24) is 9.55 Å². The molecule has 27 heavy (non-hydrogen) atoms. The standard InChI is InChI=1S/C18H13F2N3O4/c1-27-12-4-2-3-11(8-12)23-17(25)13(9-21-18(23)26)16(24)22-15-6-5-10(19)7-14(15)20/h2-9H,1H3,(H,21,26)(H,22,24). The first-order valence-electron chi connectivity index (χ1n) is 7.66. The van der Waals surface area contributed by atoms with Crippen LogP contribution in [-0.2, 0) is 0 Å². The number of H-pyrrole nitrogens is 1. The minimum absolute atomic E-state index is 0.184. The number of halogens is 2. The largest absolute Gasteiger partial charge is 0.497 e. The molecule has 7 nitrogen and oxygen atoms in total. The summed E-state index contributed by atoms with van der Waals surface area (Å²) in [6.07, 6.45) is 0.929. The van der Waals surface area contributed by atoms with E-state index >= 15 is 0 Å². The molecular weight excluding hydrogens is 360 g/mol. The second-order valence-corrected chi connectivity index (χ2v) is 5.43. The van der Waals surface area contributed by atoms with Crippen LogP contribution < -0.4 is 21.3 Å². The molecule has 0 aliphatic heterocycles. The minimum atomic E-state index is -0.999. The fraction of sp³-hybridized carbons (Fsp3) is 0.0556. The molecule has 0 atom stereocenters. The van der Waals surface area contributed by atoms with Crippen LogP contribution in [0.25, 0.3) is 5.69 Å². The quantitative estimate of drug-likeness (QED) is 0.732. The second kappa shape index (κ2) is 7.24. The van der Waals surface area contributed by atoms with Crippen LogP contribution in [0, 0.1) is 11.6 Å². The topological polar surface area (TPSA) is 93.2 Å². The van der Waals surface area contributed by atoms with E-state index in [0.29, 0.717) is 11.8 Å². The fourth-order valence-corrected chi connectivity index (χ4v) is 2.40. The van der Waals surface area contributed by atoms with Crippen LogP contribution in [0.15, 0.2) is 58.3 Å². The Hall–Kier alpha value is -3.75. The van der Waals surface area contributed by atoms with Crippen LogP contribution in [0.3, 0.4) is 0 Å². The molecule has 0 saturated heterocycles. The van der Waals surface area contributed by atoms with E-state index in [1.807, 2.05) is 0 Å². The van der Waals surface area contributed by atoms with Gasteiger partial charge < -0.3 is 15.0 Å². The maximum atomic E-state index is 13.7. The first-order chi connectivity index (χ1) is 12.9. The molecule has 3 aromatic rings. The molecule has 0 fully saturated rings. The first kappa shape index (κ1) is 18.1. The first-order valence-corrected chi connectivity index (χ1v) is 7.66. The lowest BCUT2D eigenvalue weighted by Crippen LogP contribution is -2.38. The number of carbonyl (C=O) groups excluding carboxylic acids is 1. The lowest BCUT2D eigenvalue weighted by Gasteiger charge is -2.09. The minimum Gasteiger partial charge on any atom is -0.497 e. The van der Waals surface area contributed by atoms with Crippen molar-refractivity contribution in [2.24, 2.45) is 0 Å². The van der Waals surface area contributed by atoms with E-state index in [9.17, 15) is 23.2 Å². The van der Waals surface area contributed by atoms with Gasteiger partial charge in [-0.3, -0.25) is 9.59 Å². The van der Waals surface area contributed by atoms with Crippen molar-refractivity contribution in [2.45, 2.75) is 0 Å². The Morgan fingerprint density at radius 2 is 1.93 bits per heavy atom. The molecule has 1 amide bonds. The highest BCUT2D eigenvalue weighted by molar-refractivity contribution is 6.03. The number of ether oxygens (including phenoxy) is 1. The highest BCUT2D eigenvalue weighted by Crippen LogP contribution is 2.16. The molecule has 1 aromatic heterocycles. The van der Waals surface area contributed by atoms with Gasteiger partial charge >= 0.3 is 5.69 Å². The molecule has 0 radical (unpaired) electrons. The number of aromatic amines is 1. The maximum Gasteiger partial charge on any atom is 0.333 e. The molecule has 2 N–H and O–H groups in total. The summed E-state index contributed by atoms with van der Waals surface area (Å²) >= 11 is 0. The van der Waals surface area contributed by atoms with Crippen molar-refractivity contribution in [3.8, 4) is 11.4 Å². The van der Waals surface area contributed by atoms with Crippen LogP contribution in [0.2, 0.25) is 0 Å². The summed E-state index contributed by atoms with van der Waals surface area (Å²) in [7, 11) is 1.42. The highest BCUT2D eigenvalue weighted by Gasteiger charge is 2.17. The number of hydrogen-bond donors (Lipinski definition) is 2. The summed E-state index contributed by atoms with van der Waals surface area (Å²) in [6, 6.07) is 8.70. The summed E-state index contributed by atoms with van der Waals surface area (Å²) in [5.74, 6) is -2.36. The molecule has 0 aliphatic rings. The van der Waals surface area contributed by atoms with Crippen molar-refractivity contribution in [3.05, 3.63) is 86.7 Å². The third-order valence-corrected chi connectivity index (χ3v) is 3.71. The number of carbonyl (C=O) groups is 1. The second-order valence-electron chi connectivity index (χ2n) is 5.43. The van der Waals surface area contributed by atoms with E-state index in [1.54, 1.807) is 12.1 Å². The average molecular weight is 373 g/mol. The number of amides is 1. The number of aromatic nitrogens is 2. The number of rotatable bonds is 4. The third kappa shape index (κ3) is 3.61. The van der Waals surface area contributed by atoms with Gasteiger partial charge in [0.1, 0.15) is 22.9 Å². The fourth-order valence-electron chi connectivity index (χ4n) is 2.40. The van der Waals surface area contributed by atoms with E-state index in [0.717, 1.165) is 22.9 Å². The van der Waals surface area contributed by atoms with E-state index in [2.05, 4.69) is 10.3 Å². The highest BCUT2D eigenvalue weighted by atomic mass is 19.1. The molecule has 0 saturated carbocycles. The average Bonchev–Trinajstić information content (AvgIpc) is 2.64. The van der Waals surface area contributed by atoms with Crippen LogP contribution >= 0.6 is 0 Å². The number of nitrogens with one attached hydrogen (secondary N) is 2. The maximum absolute atomic E-state index is 13.7. The van der Waals surface area contributed by atoms with Gasteiger partial charge in [-0.05, 0) is 24.3 Å². The zero-order chi connectivity index (χ0) is 19.6. The zero-order valence-corrected chi connectivity index (χ0v) is 14.0. The van der Waals surface area contributed by atoms with E-state index < -0.39 is 34.4 Å².